The molecule has 2 aliphatic heterocycles. The monoisotopic (exact) mass is 411 g/mol. The van der Waals surface area contributed by atoms with E-state index < -0.39 is 8.07 Å². The van der Waals surface area contributed by atoms with E-state index in [9.17, 15) is 4.79 Å². The van der Waals surface area contributed by atoms with E-state index in [4.69, 9.17) is 0 Å². The molecule has 2 atom stereocenters. The van der Waals surface area contributed by atoms with Crippen molar-refractivity contribution < 1.29 is 4.79 Å². The zero-order chi connectivity index (χ0) is 20.4. The molecule has 0 aromatic heterocycles. The van der Waals surface area contributed by atoms with Crippen LogP contribution in [0.1, 0.15) is 18.4 Å². The van der Waals surface area contributed by atoms with Gasteiger partial charge in [-0.25, -0.2) is 0 Å². The Morgan fingerprint density at radius 2 is 1.33 bits per heavy atom. The average molecular weight is 412 g/mol. The van der Waals surface area contributed by atoms with Crippen LogP contribution in [0.25, 0.3) is 0 Å². The van der Waals surface area contributed by atoms with Crippen LogP contribution < -0.4 is 10.4 Å². The van der Waals surface area contributed by atoms with Crippen LogP contribution in [0.15, 0.2) is 91.0 Å². The first-order valence-corrected chi connectivity index (χ1v) is 13.5. The number of rotatable bonds is 4. The second-order valence-electron chi connectivity index (χ2n) is 8.92. The molecule has 3 heteroatoms. The predicted octanol–water partition coefficient (Wildman–Crippen LogP) is 4.11. The molecule has 5 rings (SSSR count). The summed E-state index contributed by atoms with van der Waals surface area (Å²) in [6, 6.07) is 34.2. The Morgan fingerprint density at radius 3 is 1.93 bits per heavy atom. The number of benzene rings is 3. The molecule has 0 N–H and O–H groups in total. The summed E-state index contributed by atoms with van der Waals surface area (Å²) in [5, 5.41) is 3.00. The molecule has 0 radical (unpaired) electrons. The minimum Gasteiger partial charge on any atom is -0.299 e. The maximum Gasteiger partial charge on any atom is 0.137 e. The number of ketones is 1. The van der Waals surface area contributed by atoms with Crippen molar-refractivity contribution in [3.63, 3.8) is 0 Å². The van der Waals surface area contributed by atoms with Gasteiger partial charge in [-0.15, -0.1) is 0 Å². The molecule has 0 spiro atoms. The van der Waals surface area contributed by atoms with E-state index in [0.717, 1.165) is 32.5 Å². The van der Waals surface area contributed by atoms with Gasteiger partial charge in [-0.1, -0.05) is 101 Å². The van der Waals surface area contributed by atoms with Crippen LogP contribution in [0, 0.1) is 5.92 Å². The van der Waals surface area contributed by atoms with Crippen LogP contribution in [0.2, 0.25) is 11.6 Å². The molecule has 3 aromatic rings. The van der Waals surface area contributed by atoms with Gasteiger partial charge in [0.1, 0.15) is 13.9 Å². The van der Waals surface area contributed by atoms with Crippen LogP contribution in [0.3, 0.4) is 0 Å². The Hall–Kier alpha value is -2.49. The van der Waals surface area contributed by atoms with E-state index in [-0.39, 0.29) is 5.92 Å². The summed E-state index contributed by atoms with van der Waals surface area (Å²) in [6.45, 7) is 2.88. The zero-order valence-corrected chi connectivity index (χ0v) is 18.4. The van der Waals surface area contributed by atoms with Gasteiger partial charge in [-0.3, -0.25) is 9.69 Å². The molecule has 2 nitrogen and oxygen atoms in total. The maximum absolute atomic E-state index is 13.2. The summed E-state index contributed by atoms with van der Waals surface area (Å²) in [6.07, 6.45) is 1.77. The van der Waals surface area contributed by atoms with Crippen molar-refractivity contribution in [1.82, 2.24) is 4.90 Å². The zero-order valence-electron chi connectivity index (χ0n) is 17.4. The van der Waals surface area contributed by atoms with Crippen molar-refractivity contribution in [2.75, 3.05) is 13.1 Å². The number of hydrogen-bond acceptors (Lipinski definition) is 2. The quantitative estimate of drug-likeness (QED) is 0.602. The number of Topliss-reactive ketones (excluding diaryl/α,β-unsaturated/α-hetero) is 1. The summed E-state index contributed by atoms with van der Waals surface area (Å²) >= 11 is 0. The van der Waals surface area contributed by atoms with Crippen molar-refractivity contribution in [2.45, 2.75) is 31.0 Å². The third-order valence-corrected chi connectivity index (χ3v) is 13.0. The summed E-state index contributed by atoms with van der Waals surface area (Å²) in [5.74, 6) is 0.667. The maximum atomic E-state index is 13.2. The summed E-state index contributed by atoms with van der Waals surface area (Å²) in [4.78, 5) is 15.8. The molecule has 2 saturated heterocycles. The Bertz CT molecular complexity index is 950. The number of hydrogen-bond donors (Lipinski definition) is 0. The van der Waals surface area contributed by atoms with Crippen molar-refractivity contribution in [2.24, 2.45) is 5.92 Å². The molecule has 0 bridgehead atoms. The van der Waals surface area contributed by atoms with E-state index in [0.29, 0.717) is 11.3 Å². The molecule has 2 heterocycles. The van der Waals surface area contributed by atoms with Crippen LogP contribution >= 0.6 is 0 Å². The molecule has 3 aromatic carbocycles. The van der Waals surface area contributed by atoms with Crippen LogP contribution in [0.4, 0.5) is 0 Å². The Morgan fingerprint density at radius 1 is 0.767 bits per heavy atom. The lowest BCUT2D eigenvalue weighted by atomic mass is 10.00. The smallest absolute Gasteiger partial charge is 0.137 e. The fourth-order valence-corrected chi connectivity index (χ4v) is 11.9. The minimum absolute atomic E-state index is 0.170. The Labute approximate surface area is 180 Å². The fourth-order valence-electron chi connectivity index (χ4n) is 5.95. The van der Waals surface area contributed by atoms with E-state index in [1.54, 1.807) is 0 Å². The Kier molecular flexibility index (Phi) is 5.40. The van der Waals surface area contributed by atoms with Crippen molar-refractivity contribution in [3.05, 3.63) is 96.6 Å². The molecule has 0 saturated carbocycles. The molecule has 30 heavy (non-hydrogen) atoms. The van der Waals surface area contributed by atoms with E-state index in [1.165, 1.54) is 22.0 Å². The summed E-state index contributed by atoms with van der Waals surface area (Å²) < 4.78 is 0. The summed E-state index contributed by atoms with van der Waals surface area (Å²) in [7, 11) is -2.08. The highest BCUT2D eigenvalue weighted by molar-refractivity contribution is 7.03. The third-order valence-electron chi connectivity index (χ3n) is 7.26. The molecule has 2 unspecified atom stereocenters. The van der Waals surface area contributed by atoms with Crippen LogP contribution in [-0.4, -0.2) is 31.8 Å². The number of carbonyl (C=O) groups is 1. The first kappa shape index (κ1) is 19.5. The van der Waals surface area contributed by atoms with E-state index >= 15 is 0 Å². The first-order chi connectivity index (χ1) is 14.8. The lowest BCUT2D eigenvalue weighted by Gasteiger charge is -2.39. The van der Waals surface area contributed by atoms with Gasteiger partial charge >= 0.3 is 0 Å². The number of carbonyl (C=O) groups excluding carboxylic acids is 1. The third kappa shape index (κ3) is 3.46. The second kappa shape index (κ2) is 8.33. The molecule has 0 aliphatic carbocycles. The van der Waals surface area contributed by atoms with Gasteiger partial charge < -0.3 is 0 Å². The predicted molar refractivity (Wildman–Crippen MR) is 126 cm³/mol. The highest BCUT2D eigenvalue weighted by atomic mass is 28.3. The summed E-state index contributed by atoms with van der Waals surface area (Å²) in [5.41, 5.74) is 1.79. The van der Waals surface area contributed by atoms with Gasteiger partial charge in [-0.2, -0.15) is 0 Å². The lowest BCUT2D eigenvalue weighted by molar-refractivity contribution is -0.122. The second-order valence-corrected chi connectivity index (χ2v) is 13.3. The molecular weight excluding hydrogens is 382 g/mol. The van der Waals surface area contributed by atoms with Crippen LogP contribution in [0.5, 0.6) is 0 Å². The topological polar surface area (TPSA) is 20.3 Å². The standard InChI is InChI=1S/C27H29NOSi/c29-26-17-10-18-30(23-13-6-2-7-14-23,24-15-8-3-9-16-24)27-21-28(20-25(26)27)19-22-11-4-1-5-12-22/h1-9,11-16,25,27H,10,17-21H2. The van der Waals surface area contributed by atoms with Crippen LogP contribution in [-0.2, 0) is 11.3 Å². The van der Waals surface area contributed by atoms with Crippen molar-refractivity contribution in [1.29, 1.82) is 0 Å². The van der Waals surface area contributed by atoms with Gasteiger partial charge in [-0.05, 0) is 23.6 Å². The van der Waals surface area contributed by atoms with Gasteiger partial charge in [0.05, 0.1) is 0 Å². The van der Waals surface area contributed by atoms with E-state index in [2.05, 4.69) is 95.9 Å². The first-order valence-electron chi connectivity index (χ1n) is 11.2. The van der Waals surface area contributed by atoms with Gasteiger partial charge in [0, 0.05) is 32.0 Å². The van der Waals surface area contributed by atoms with Crippen molar-refractivity contribution in [3.8, 4) is 0 Å². The SMILES string of the molecule is O=C1CCC[Si](c2ccccc2)(c2ccccc2)C2CN(Cc3ccccc3)CC12. The molecule has 152 valence electrons. The van der Waals surface area contributed by atoms with E-state index in [1.807, 2.05) is 0 Å². The van der Waals surface area contributed by atoms with Gasteiger partial charge in [0.2, 0.25) is 0 Å². The fraction of sp³-hybridized carbons (Fsp3) is 0.296. The molecular formula is C27H29NOSi. The average Bonchev–Trinajstić information content (AvgIpc) is 3.17. The van der Waals surface area contributed by atoms with Gasteiger partial charge in [0.15, 0.2) is 0 Å². The van der Waals surface area contributed by atoms with Crippen molar-refractivity contribution >= 4 is 24.2 Å². The number of fused-ring (bicyclic) bond motifs is 1. The minimum atomic E-state index is -2.08. The largest absolute Gasteiger partial charge is 0.299 e. The lowest BCUT2D eigenvalue weighted by Crippen LogP contribution is -2.62. The highest BCUT2D eigenvalue weighted by Gasteiger charge is 2.54. The number of likely N-dealkylation sites (tertiary alicyclic amines) is 1. The Balaban J connectivity index is 1.58. The number of nitrogens with zero attached hydrogens (tertiary/aromatic N) is 1. The van der Waals surface area contributed by atoms with Gasteiger partial charge in [0.25, 0.3) is 0 Å². The highest BCUT2D eigenvalue weighted by Crippen LogP contribution is 2.43. The molecule has 0 amide bonds. The molecule has 2 aliphatic rings. The molecule has 2 fully saturated rings. The normalized spacial score (nSPS) is 23.7.